The van der Waals surface area contributed by atoms with E-state index in [0.29, 0.717) is 5.56 Å². The summed E-state index contributed by atoms with van der Waals surface area (Å²) in [6.07, 6.45) is 4.81. The molecule has 146 valence electrons. The monoisotopic (exact) mass is 396 g/mol. The van der Waals surface area contributed by atoms with Crippen molar-refractivity contribution in [2.45, 2.75) is 54.5 Å². The Kier molecular flexibility index (Phi) is 4.10. The fraction of sp³-hybridized carbons (Fsp3) is 0.409. The minimum absolute atomic E-state index is 0.00506. The van der Waals surface area contributed by atoms with Gasteiger partial charge in [0.1, 0.15) is 0 Å². The number of carbonyl (C=O) groups excluding carboxylic acids is 1. The molecule has 0 aromatic heterocycles. The van der Waals surface area contributed by atoms with Crippen molar-refractivity contribution in [3.05, 3.63) is 65.7 Å². The molecule has 0 spiro atoms. The Labute approximate surface area is 165 Å². The van der Waals surface area contributed by atoms with Crippen LogP contribution in [0, 0.1) is 0 Å². The van der Waals surface area contributed by atoms with Gasteiger partial charge in [0.25, 0.3) is 5.91 Å². The van der Waals surface area contributed by atoms with Crippen LogP contribution < -0.4 is 4.72 Å². The number of piperidine rings is 2. The zero-order valence-corrected chi connectivity index (χ0v) is 16.5. The lowest BCUT2D eigenvalue weighted by Crippen LogP contribution is -2.61. The predicted octanol–water partition coefficient (Wildman–Crippen LogP) is 3.07. The van der Waals surface area contributed by atoms with Gasteiger partial charge in [0.05, 0.1) is 4.90 Å². The number of nitrogens with zero attached hydrogens (tertiary/aromatic N) is 1. The summed E-state index contributed by atoms with van der Waals surface area (Å²) in [7, 11) is -3.48. The maximum Gasteiger partial charge on any atom is 0.254 e. The van der Waals surface area contributed by atoms with Crippen molar-refractivity contribution in [3.63, 3.8) is 0 Å². The van der Waals surface area contributed by atoms with Crippen LogP contribution in [0.1, 0.15) is 48.0 Å². The summed E-state index contributed by atoms with van der Waals surface area (Å²) in [6, 6.07) is 17.3. The Morgan fingerprint density at radius 1 is 1.00 bits per heavy atom. The molecule has 1 amide bonds. The molecule has 2 aliphatic heterocycles. The fourth-order valence-corrected chi connectivity index (χ4v) is 5.96. The third-order valence-electron chi connectivity index (χ3n) is 6.48. The molecule has 0 radical (unpaired) electrons. The highest BCUT2D eigenvalue weighted by molar-refractivity contribution is 7.89. The average molecular weight is 397 g/mol. The Balaban J connectivity index is 1.28. The van der Waals surface area contributed by atoms with Crippen molar-refractivity contribution in [1.82, 2.24) is 9.62 Å². The highest BCUT2D eigenvalue weighted by Gasteiger charge is 2.52. The number of rotatable bonds is 5. The molecule has 5 nitrogen and oxygen atoms in total. The molecule has 1 N–H and O–H groups in total. The number of amides is 1. The van der Waals surface area contributed by atoms with Gasteiger partial charge in [-0.15, -0.1) is 0 Å². The predicted molar refractivity (Wildman–Crippen MR) is 107 cm³/mol. The summed E-state index contributed by atoms with van der Waals surface area (Å²) in [4.78, 5) is 15.2. The van der Waals surface area contributed by atoms with Crippen LogP contribution >= 0.6 is 0 Å². The Morgan fingerprint density at radius 2 is 1.68 bits per heavy atom. The van der Waals surface area contributed by atoms with Crippen LogP contribution in [0.5, 0.6) is 0 Å². The van der Waals surface area contributed by atoms with Gasteiger partial charge in [-0.25, -0.2) is 13.1 Å². The average Bonchev–Trinajstić information content (AvgIpc) is 3.51. The SMILES string of the molecule is O=C(c1ccc(S(=O)(=O)NC2CC2)cc1)N1CCC2(c3ccccc3)CC1C2. The minimum atomic E-state index is -3.48. The van der Waals surface area contributed by atoms with Gasteiger partial charge in [-0.1, -0.05) is 30.3 Å². The van der Waals surface area contributed by atoms with Gasteiger partial charge >= 0.3 is 0 Å². The molecule has 2 heterocycles. The molecule has 2 aromatic carbocycles. The summed E-state index contributed by atoms with van der Waals surface area (Å²) in [5.41, 5.74) is 2.18. The Morgan fingerprint density at radius 3 is 2.25 bits per heavy atom. The molecule has 4 aliphatic rings. The third-order valence-corrected chi connectivity index (χ3v) is 8.02. The third kappa shape index (κ3) is 3.05. The molecule has 2 saturated carbocycles. The lowest BCUT2D eigenvalue weighted by Gasteiger charge is -2.58. The van der Waals surface area contributed by atoms with E-state index in [0.717, 1.165) is 38.6 Å². The lowest BCUT2D eigenvalue weighted by molar-refractivity contribution is -0.00433. The molecule has 6 rings (SSSR count). The standard InChI is InChI=1S/C22H24N2O3S/c25-21(16-6-10-20(11-7-16)28(26,27)23-18-8-9-18)24-13-12-22(14-19(24)15-22)17-4-2-1-3-5-17/h1-7,10-11,18-19,23H,8-9,12-15H2. The Hall–Kier alpha value is -2.18. The number of fused-ring (bicyclic) bond motifs is 2. The van der Waals surface area contributed by atoms with Crippen LogP contribution in [0.3, 0.4) is 0 Å². The van der Waals surface area contributed by atoms with Crippen LogP contribution in [-0.4, -0.2) is 37.9 Å². The van der Waals surface area contributed by atoms with E-state index in [-0.39, 0.29) is 28.3 Å². The van der Waals surface area contributed by atoms with Crippen LogP contribution in [-0.2, 0) is 15.4 Å². The molecule has 4 fully saturated rings. The van der Waals surface area contributed by atoms with Crippen molar-refractivity contribution in [1.29, 1.82) is 0 Å². The van der Waals surface area contributed by atoms with Crippen molar-refractivity contribution < 1.29 is 13.2 Å². The number of benzene rings is 2. The topological polar surface area (TPSA) is 66.5 Å². The van der Waals surface area contributed by atoms with Gasteiger partial charge in [0.15, 0.2) is 0 Å². The zero-order valence-electron chi connectivity index (χ0n) is 15.7. The molecule has 2 saturated heterocycles. The van der Waals surface area contributed by atoms with Gasteiger partial charge in [-0.2, -0.15) is 0 Å². The van der Waals surface area contributed by atoms with Gasteiger partial charge in [-0.3, -0.25) is 4.79 Å². The van der Waals surface area contributed by atoms with Crippen LogP contribution in [0.15, 0.2) is 59.5 Å². The summed E-state index contributed by atoms with van der Waals surface area (Å²) < 4.78 is 27.2. The normalized spacial score (nSPS) is 26.6. The molecule has 0 unspecified atom stereocenters. The largest absolute Gasteiger partial charge is 0.336 e. The van der Waals surface area contributed by atoms with Crippen molar-refractivity contribution >= 4 is 15.9 Å². The highest BCUT2D eigenvalue weighted by atomic mass is 32.2. The first-order valence-corrected chi connectivity index (χ1v) is 11.4. The number of hydrogen-bond acceptors (Lipinski definition) is 3. The molecule has 0 atom stereocenters. The summed E-state index contributed by atoms with van der Waals surface area (Å²) in [6.45, 7) is 0.752. The first-order valence-electron chi connectivity index (χ1n) is 9.96. The summed E-state index contributed by atoms with van der Waals surface area (Å²) in [5, 5.41) is 0. The molecule has 2 aromatic rings. The maximum atomic E-state index is 13.0. The zero-order chi connectivity index (χ0) is 19.4. The molecule has 2 aliphatic carbocycles. The number of carbonyl (C=O) groups is 1. The van der Waals surface area contributed by atoms with Gasteiger partial charge in [0.2, 0.25) is 10.0 Å². The maximum absolute atomic E-state index is 13.0. The second-order valence-electron chi connectivity index (χ2n) is 8.38. The lowest BCUT2D eigenvalue weighted by atomic mass is 9.57. The smallest absolute Gasteiger partial charge is 0.254 e. The van der Waals surface area contributed by atoms with Gasteiger partial charge < -0.3 is 4.90 Å². The number of sulfonamides is 1. The van der Waals surface area contributed by atoms with E-state index in [4.69, 9.17) is 0 Å². The van der Waals surface area contributed by atoms with E-state index in [1.165, 1.54) is 17.7 Å². The van der Waals surface area contributed by atoms with E-state index in [9.17, 15) is 13.2 Å². The van der Waals surface area contributed by atoms with Crippen LogP contribution in [0.25, 0.3) is 0 Å². The highest BCUT2D eigenvalue weighted by Crippen LogP contribution is 2.52. The molecular formula is C22H24N2O3S. The van der Waals surface area contributed by atoms with Crippen molar-refractivity contribution in [3.8, 4) is 0 Å². The van der Waals surface area contributed by atoms with E-state index < -0.39 is 10.0 Å². The van der Waals surface area contributed by atoms with E-state index in [1.807, 2.05) is 11.0 Å². The molecule has 6 heteroatoms. The summed E-state index contributed by atoms with van der Waals surface area (Å²) >= 11 is 0. The molecule has 28 heavy (non-hydrogen) atoms. The van der Waals surface area contributed by atoms with Crippen LogP contribution in [0.4, 0.5) is 0 Å². The number of nitrogens with one attached hydrogen (secondary N) is 1. The van der Waals surface area contributed by atoms with E-state index in [2.05, 4.69) is 29.0 Å². The second kappa shape index (κ2) is 6.42. The van der Waals surface area contributed by atoms with Gasteiger partial charge in [0, 0.05) is 29.6 Å². The van der Waals surface area contributed by atoms with Crippen LogP contribution in [0.2, 0.25) is 0 Å². The minimum Gasteiger partial charge on any atom is -0.336 e. The number of hydrogen-bond donors (Lipinski definition) is 1. The first-order chi connectivity index (χ1) is 13.5. The van der Waals surface area contributed by atoms with E-state index in [1.54, 1.807) is 12.1 Å². The van der Waals surface area contributed by atoms with Crippen molar-refractivity contribution in [2.24, 2.45) is 0 Å². The Bertz CT molecular complexity index is 986. The fourth-order valence-electron chi connectivity index (χ4n) is 4.65. The van der Waals surface area contributed by atoms with Gasteiger partial charge in [-0.05, 0) is 61.9 Å². The summed E-state index contributed by atoms with van der Waals surface area (Å²) in [5.74, 6) is 0.00506. The molecular weight excluding hydrogens is 372 g/mol. The first kappa shape index (κ1) is 17.9. The van der Waals surface area contributed by atoms with E-state index >= 15 is 0 Å². The second-order valence-corrected chi connectivity index (χ2v) is 10.1. The van der Waals surface area contributed by atoms with Crippen molar-refractivity contribution in [2.75, 3.05) is 6.54 Å². The quantitative estimate of drug-likeness (QED) is 0.845. The molecule has 2 bridgehead atoms.